The zero-order valence-corrected chi connectivity index (χ0v) is 18.6. The summed E-state index contributed by atoms with van der Waals surface area (Å²) in [5.41, 5.74) is 4.40. The van der Waals surface area contributed by atoms with E-state index in [4.69, 9.17) is 19.3 Å². The molecule has 2 aromatic carbocycles. The summed E-state index contributed by atoms with van der Waals surface area (Å²) in [5.74, 6) is -1.85. The molecule has 2 unspecified atom stereocenters. The molecule has 3 rings (SSSR count). The Kier molecular flexibility index (Phi) is 8.39. The van der Waals surface area contributed by atoms with E-state index < -0.39 is 30.1 Å². The number of alkyl carbamates (subject to hydrolysis) is 1. The average Bonchev–Trinajstić information content (AvgIpc) is 3.14. The third-order valence-corrected chi connectivity index (χ3v) is 5.58. The maximum absolute atomic E-state index is 12.5. The number of ether oxygens (including phenoxy) is 3. The van der Waals surface area contributed by atoms with Crippen LogP contribution in [0.2, 0.25) is 0 Å². The summed E-state index contributed by atoms with van der Waals surface area (Å²) in [4.78, 5) is 36.1. The van der Waals surface area contributed by atoms with Crippen LogP contribution in [0.25, 0.3) is 11.1 Å². The maximum Gasteiger partial charge on any atom is 0.407 e. The van der Waals surface area contributed by atoms with Gasteiger partial charge in [-0.1, -0.05) is 48.5 Å². The van der Waals surface area contributed by atoms with Gasteiger partial charge in [-0.25, -0.2) is 9.59 Å². The summed E-state index contributed by atoms with van der Waals surface area (Å²) in [7, 11) is 2.72. The topological polar surface area (TPSA) is 123 Å². The zero-order chi connectivity index (χ0) is 23.8. The molecule has 0 spiro atoms. The van der Waals surface area contributed by atoms with E-state index in [0.717, 1.165) is 22.3 Å². The number of hydrogen-bond acceptors (Lipinski definition) is 6. The Balaban J connectivity index is 1.61. The summed E-state index contributed by atoms with van der Waals surface area (Å²) in [6, 6.07) is 15.0. The van der Waals surface area contributed by atoms with Crippen LogP contribution in [0.5, 0.6) is 0 Å². The van der Waals surface area contributed by atoms with Gasteiger partial charge in [0.15, 0.2) is 6.10 Å². The molecule has 0 heterocycles. The lowest BCUT2D eigenvalue weighted by Crippen LogP contribution is -2.50. The molecule has 176 valence electrons. The number of aliphatic carboxylic acids is 1. The van der Waals surface area contributed by atoms with Gasteiger partial charge in [0.05, 0.1) is 6.54 Å². The highest BCUT2D eigenvalue weighted by Crippen LogP contribution is 2.44. The SMILES string of the molecule is COCCC(NC(=O)OCC1c2ccccc2-c2ccccc21)C(=O)NCC(OC)C(=O)O. The molecule has 3 N–H and O–H groups in total. The second kappa shape index (κ2) is 11.4. The highest BCUT2D eigenvalue weighted by atomic mass is 16.5. The van der Waals surface area contributed by atoms with E-state index >= 15 is 0 Å². The number of benzene rings is 2. The number of methoxy groups -OCH3 is 2. The zero-order valence-electron chi connectivity index (χ0n) is 18.6. The van der Waals surface area contributed by atoms with Crippen molar-refractivity contribution in [1.82, 2.24) is 10.6 Å². The van der Waals surface area contributed by atoms with Crippen molar-refractivity contribution in [3.63, 3.8) is 0 Å². The number of nitrogens with one attached hydrogen (secondary N) is 2. The van der Waals surface area contributed by atoms with Crippen molar-refractivity contribution < 1.29 is 33.7 Å². The van der Waals surface area contributed by atoms with Gasteiger partial charge in [0.1, 0.15) is 12.6 Å². The number of hydrogen-bond donors (Lipinski definition) is 3. The lowest BCUT2D eigenvalue weighted by Gasteiger charge is -2.20. The number of carbonyl (C=O) groups excluding carboxylic acids is 2. The summed E-state index contributed by atoms with van der Waals surface area (Å²) in [6.45, 7) is 0.0954. The fourth-order valence-corrected chi connectivity index (χ4v) is 3.87. The Morgan fingerprint density at radius 1 is 1.00 bits per heavy atom. The first-order chi connectivity index (χ1) is 16.0. The predicted molar refractivity (Wildman–Crippen MR) is 120 cm³/mol. The summed E-state index contributed by atoms with van der Waals surface area (Å²) < 4.78 is 15.3. The second-order valence-electron chi connectivity index (χ2n) is 7.61. The molecule has 0 bridgehead atoms. The highest BCUT2D eigenvalue weighted by Gasteiger charge is 2.30. The molecule has 2 aromatic rings. The molecule has 33 heavy (non-hydrogen) atoms. The van der Waals surface area contributed by atoms with Crippen LogP contribution in [0.15, 0.2) is 48.5 Å². The third-order valence-electron chi connectivity index (χ3n) is 5.58. The minimum atomic E-state index is -1.20. The second-order valence-corrected chi connectivity index (χ2v) is 7.61. The Hall–Kier alpha value is -3.43. The summed E-state index contributed by atoms with van der Waals surface area (Å²) in [6.07, 6.45) is -1.74. The number of carboxylic acids is 1. The van der Waals surface area contributed by atoms with Gasteiger partial charge in [0, 0.05) is 33.2 Å². The lowest BCUT2D eigenvalue weighted by atomic mass is 9.98. The molecule has 2 atom stereocenters. The average molecular weight is 456 g/mol. The molecule has 0 fully saturated rings. The van der Waals surface area contributed by atoms with Crippen LogP contribution < -0.4 is 10.6 Å². The van der Waals surface area contributed by atoms with Gasteiger partial charge in [-0.05, 0) is 22.3 Å². The van der Waals surface area contributed by atoms with Crippen LogP contribution in [0.1, 0.15) is 23.5 Å². The van der Waals surface area contributed by atoms with Crippen LogP contribution >= 0.6 is 0 Å². The summed E-state index contributed by atoms with van der Waals surface area (Å²) in [5, 5.41) is 14.1. The van der Waals surface area contributed by atoms with E-state index in [2.05, 4.69) is 10.6 Å². The fourth-order valence-electron chi connectivity index (χ4n) is 3.87. The Morgan fingerprint density at radius 2 is 1.61 bits per heavy atom. The minimum absolute atomic E-state index is 0.104. The molecule has 0 aliphatic heterocycles. The molecule has 1 aliphatic carbocycles. The molecule has 2 amide bonds. The molecular formula is C24H28N2O7. The van der Waals surface area contributed by atoms with Gasteiger partial charge in [0.2, 0.25) is 5.91 Å². The molecule has 9 nitrogen and oxygen atoms in total. The fraction of sp³-hybridized carbons (Fsp3) is 0.375. The smallest absolute Gasteiger partial charge is 0.407 e. The monoisotopic (exact) mass is 456 g/mol. The van der Waals surface area contributed by atoms with E-state index in [1.165, 1.54) is 14.2 Å². The van der Waals surface area contributed by atoms with Gasteiger partial charge in [0.25, 0.3) is 0 Å². The van der Waals surface area contributed by atoms with E-state index in [9.17, 15) is 14.4 Å². The number of carboxylic acid groups (broad SMARTS) is 1. The number of rotatable bonds is 11. The number of carbonyl (C=O) groups is 3. The molecular weight excluding hydrogens is 428 g/mol. The quantitative estimate of drug-likeness (QED) is 0.473. The first-order valence-electron chi connectivity index (χ1n) is 10.6. The minimum Gasteiger partial charge on any atom is -0.479 e. The van der Waals surface area contributed by atoms with Crippen molar-refractivity contribution in [3.05, 3.63) is 59.7 Å². The van der Waals surface area contributed by atoms with Gasteiger partial charge < -0.3 is 30.0 Å². The van der Waals surface area contributed by atoms with Crippen molar-refractivity contribution >= 4 is 18.0 Å². The lowest BCUT2D eigenvalue weighted by molar-refractivity contribution is -0.148. The molecule has 0 saturated heterocycles. The molecule has 1 aliphatic rings. The van der Waals surface area contributed by atoms with Crippen LogP contribution in [-0.2, 0) is 23.8 Å². The van der Waals surface area contributed by atoms with Crippen molar-refractivity contribution in [3.8, 4) is 11.1 Å². The van der Waals surface area contributed by atoms with Crippen LogP contribution in [0.4, 0.5) is 4.79 Å². The normalized spacial score (nSPS) is 14.0. The van der Waals surface area contributed by atoms with E-state index in [1.807, 2.05) is 48.5 Å². The third kappa shape index (κ3) is 5.88. The predicted octanol–water partition coefficient (Wildman–Crippen LogP) is 2.15. The largest absolute Gasteiger partial charge is 0.479 e. The molecule has 0 saturated carbocycles. The van der Waals surface area contributed by atoms with E-state index in [-0.39, 0.29) is 32.1 Å². The van der Waals surface area contributed by atoms with Crippen molar-refractivity contribution in [1.29, 1.82) is 0 Å². The summed E-state index contributed by atoms with van der Waals surface area (Å²) >= 11 is 0. The maximum atomic E-state index is 12.5. The Morgan fingerprint density at radius 3 is 2.15 bits per heavy atom. The van der Waals surface area contributed by atoms with Gasteiger partial charge in [-0.15, -0.1) is 0 Å². The van der Waals surface area contributed by atoms with Crippen molar-refractivity contribution in [2.75, 3.05) is 34.0 Å². The standard InChI is InChI=1S/C24H28N2O7/c1-31-12-11-20(22(27)25-13-21(32-2)23(28)29)26-24(30)33-14-19-17-9-5-3-7-15(17)16-8-4-6-10-18(16)19/h3-10,19-21H,11-14H2,1-2H3,(H,25,27)(H,26,30)(H,28,29). The highest BCUT2D eigenvalue weighted by molar-refractivity contribution is 5.86. The molecule has 9 heteroatoms. The van der Waals surface area contributed by atoms with E-state index in [1.54, 1.807) is 0 Å². The van der Waals surface area contributed by atoms with Crippen molar-refractivity contribution in [2.45, 2.75) is 24.5 Å². The first kappa shape index (κ1) is 24.2. The number of fused-ring (bicyclic) bond motifs is 3. The Bertz CT molecular complexity index is 949. The van der Waals surface area contributed by atoms with Crippen LogP contribution in [0, 0.1) is 0 Å². The Labute approximate surface area is 192 Å². The molecule has 0 radical (unpaired) electrons. The van der Waals surface area contributed by atoms with Gasteiger partial charge in [-0.3, -0.25) is 4.79 Å². The van der Waals surface area contributed by atoms with E-state index in [0.29, 0.717) is 0 Å². The number of amides is 2. The van der Waals surface area contributed by atoms with Gasteiger partial charge in [-0.2, -0.15) is 0 Å². The van der Waals surface area contributed by atoms with Gasteiger partial charge >= 0.3 is 12.1 Å². The van der Waals surface area contributed by atoms with Crippen LogP contribution in [-0.4, -0.2) is 69.2 Å². The molecule has 0 aromatic heterocycles. The van der Waals surface area contributed by atoms with Crippen molar-refractivity contribution in [2.24, 2.45) is 0 Å². The first-order valence-corrected chi connectivity index (χ1v) is 10.6. The van der Waals surface area contributed by atoms with Crippen LogP contribution in [0.3, 0.4) is 0 Å².